The van der Waals surface area contributed by atoms with Crippen LogP contribution in [0.1, 0.15) is 61.9 Å². The number of carbonyl (C=O) groups is 2. The third kappa shape index (κ3) is 7.98. The SMILES string of the molecule is C[C@@H]1CN([C@H](C)CO)C(=O)c2cc(NC(=O)C3CCCCC3)ccc2O[C@@H]1CN(C)Cc1ccc(Oc2ccccc2)cc1. The molecule has 2 N–H and O–H groups in total. The number of fused-ring (bicyclic) bond motifs is 1. The molecule has 2 amide bonds. The Morgan fingerprint density at radius 1 is 1.05 bits per heavy atom. The first kappa shape index (κ1) is 31.5. The number of benzene rings is 3. The van der Waals surface area contributed by atoms with Gasteiger partial charge in [0, 0.05) is 37.2 Å². The molecule has 0 radical (unpaired) electrons. The maximum atomic E-state index is 13.8. The topological polar surface area (TPSA) is 91.3 Å². The zero-order valence-electron chi connectivity index (χ0n) is 26.1. The molecule has 44 heavy (non-hydrogen) atoms. The monoisotopic (exact) mass is 599 g/mol. The number of hydrogen-bond donors (Lipinski definition) is 2. The van der Waals surface area contributed by atoms with Crippen LogP contribution in [0, 0.1) is 11.8 Å². The number of rotatable bonds is 10. The van der Waals surface area contributed by atoms with E-state index in [-0.39, 0.29) is 42.4 Å². The number of aliphatic hydroxyl groups excluding tert-OH is 1. The van der Waals surface area contributed by atoms with Crippen molar-refractivity contribution in [3.63, 3.8) is 0 Å². The van der Waals surface area contributed by atoms with Crippen LogP contribution in [-0.2, 0) is 11.3 Å². The standard InChI is InChI=1S/C36H45N3O5/c1-25-21-39(26(2)24-40)36(42)32-20-29(37-35(41)28-10-6-4-7-11-28)16-19-33(32)44-34(25)23-38(3)22-27-14-17-31(18-15-27)43-30-12-8-5-9-13-30/h5,8-9,12-20,25-26,28,34,40H,4,6-7,10-11,21-24H2,1-3H3,(H,37,41)/t25-,26-,34-/m1/s1. The highest BCUT2D eigenvalue weighted by Gasteiger charge is 2.34. The van der Waals surface area contributed by atoms with Crippen molar-refractivity contribution < 1.29 is 24.2 Å². The van der Waals surface area contributed by atoms with Crippen molar-refractivity contribution in [1.29, 1.82) is 0 Å². The van der Waals surface area contributed by atoms with E-state index >= 15 is 0 Å². The predicted molar refractivity (Wildman–Crippen MR) is 172 cm³/mol. The first-order chi connectivity index (χ1) is 21.3. The molecular weight excluding hydrogens is 554 g/mol. The average molecular weight is 600 g/mol. The number of ether oxygens (including phenoxy) is 2. The molecule has 1 heterocycles. The second-order valence-corrected chi connectivity index (χ2v) is 12.4. The Kier molecular flexibility index (Phi) is 10.6. The number of para-hydroxylation sites is 1. The van der Waals surface area contributed by atoms with E-state index in [1.165, 1.54) is 6.42 Å². The molecule has 3 aromatic carbocycles. The van der Waals surface area contributed by atoms with E-state index < -0.39 is 0 Å². The second-order valence-electron chi connectivity index (χ2n) is 12.4. The molecule has 234 valence electrons. The van der Waals surface area contributed by atoms with E-state index in [4.69, 9.17) is 9.47 Å². The van der Waals surface area contributed by atoms with Crippen molar-refractivity contribution in [2.24, 2.45) is 11.8 Å². The third-order valence-corrected chi connectivity index (χ3v) is 8.75. The van der Waals surface area contributed by atoms with Crippen LogP contribution in [0.3, 0.4) is 0 Å². The van der Waals surface area contributed by atoms with Crippen LogP contribution in [0.2, 0.25) is 0 Å². The molecule has 5 rings (SSSR count). The Bertz CT molecular complexity index is 1390. The number of carbonyl (C=O) groups excluding carboxylic acids is 2. The van der Waals surface area contributed by atoms with Gasteiger partial charge < -0.3 is 24.8 Å². The smallest absolute Gasteiger partial charge is 0.258 e. The molecule has 1 saturated carbocycles. The highest BCUT2D eigenvalue weighted by Crippen LogP contribution is 2.32. The lowest BCUT2D eigenvalue weighted by atomic mass is 9.88. The maximum Gasteiger partial charge on any atom is 0.258 e. The van der Waals surface area contributed by atoms with E-state index in [0.29, 0.717) is 36.6 Å². The number of hydrogen-bond acceptors (Lipinski definition) is 6. The summed E-state index contributed by atoms with van der Waals surface area (Å²) in [6, 6.07) is 22.8. The van der Waals surface area contributed by atoms with Crippen LogP contribution in [-0.4, -0.2) is 65.6 Å². The number of aliphatic hydroxyl groups is 1. The van der Waals surface area contributed by atoms with E-state index in [2.05, 4.69) is 36.3 Å². The molecule has 0 unspecified atom stereocenters. The highest BCUT2D eigenvalue weighted by molar-refractivity contribution is 6.00. The third-order valence-electron chi connectivity index (χ3n) is 8.75. The normalized spacial score (nSPS) is 19.8. The Labute approximate surface area is 261 Å². The zero-order chi connectivity index (χ0) is 31.1. The molecular formula is C36H45N3O5. The molecule has 0 aromatic heterocycles. The van der Waals surface area contributed by atoms with E-state index in [1.54, 1.807) is 17.0 Å². The Morgan fingerprint density at radius 2 is 1.75 bits per heavy atom. The van der Waals surface area contributed by atoms with Crippen LogP contribution in [0.4, 0.5) is 5.69 Å². The molecule has 8 nitrogen and oxygen atoms in total. The van der Waals surface area contributed by atoms with Crippen molar-refractivity contribution in [2.45, 2.75) is 64.6 Å². The summed E-state index contributed by atoms with van der Waals surface area (Å²) >= 11 is 0. The number of nitrogens with zero attached hydrogens (tertiary/aromatic N) is 2. The van der Waals surface area contributed by atoms with Gasteiger partial charge in [0.2, 0.25) is 5.91 Å². The lowest BCUT2D eigenvalue weighted by molar-refractivity contribution is -0.120. The van der Waals surface area contributed by atoms with Crippen LogP contribution in [0.15, 0.2) is 72.8 Å². The molecule has 3 atom stereocenters. The van der Waals surface area contributed by atoms with Gasteiger partial charge in [-0.15, -0.1) is 0 Å². The van der Waals surface area contributed by atoms with Crippen molar-refractivity contribution >= 4 is 17.5 Å². The summed E-state index contributed by atoms with van der Waals surface area (Å²) < 4.78 is 12.5. The first-order valence-corrected chi connectivity index (χ1v) is 15.8. The summed E-state index contributed by atoms with van der Waals surface area (Å²) in [5, 5.41) is 13.0. The molecule has 1 aliphatic heterocycles. The number of likely N-dealkylation sites (N-methyl/N-ethyl adjacent to an activating group) is 1. The molecule has 0 saturated heterocycles. The fraction of sp³-hybridized carbons (Fsp3) is 0.444. The molecule has 1 aliphatic carbocycles. The zero-order valence-corrected chi connectivity index (χ0v) is 26.1. The lowest BCUT2D eigenvalue weighted by Crippen LogP contribution is -2.49. The second kappa shape index (κ2) is 14.7. The summed E-state index contributed by atoms with van der Waals surface area (Å²) in [4.78, 5) is 30.7. The minimum atomic E-state index is -0.355. The summed E-state index contributed by atoms with van der Waals surface area (Å²) in [5.74, 6) is 1.91. The summed E-state index contributed by atoms with van der Waals surface area (Å²) in [6.45, 7) is 5.60. The molecule has 3 aromatic rings. The van der Waals surface area contributed by atoms with Crippen LogP contribution >= 0.6 is 0 Å². The fourth-order valence-electron chi connectivity index (χ4n) is 6.10. The Morgan fingerprint density at radius 3 is 2.45 bits per heavy atom. The number of anilines is 1. The molecule has 0 bridgehead atoms. The highest BCUT2D eigenvalue weighted by atomic mass is 16.5. The van der Waals surface area contributed by atoms with Gasteiger partial charge in [-0.25, -0.2) is 0 Å². The van der Waals surface area contributed by atoms with E-state index in [0.717, 1.165) is 42.7 Å². The van der Waals surface area contributed by atoms with Gasteiger partial charge in [-0.1, -0.05) is 56.5 Å². The van der Waals surface area contributed by atoms with Gasteiger partial charge in [-0.2, -0.15) is 0 Å². The van der Waals surface area contributed by atoms with Gasteiger partial charge in [0.15, 0.2) is 0 Å². The molecule has 8 heteroatoms. The minimum absolute atomic E-state index is 0.0101. The predicted octanol–water partition coefficient (Wildman–Crippen LogP) is 6.35. The molecule has 0 spiro atoms. The quantitative estimate of drug-likeness (QED) is 0.282. The van der Waals surface area contributed by atoms with Gasteiger partial charge in [-0.3, -0.25) is 14.5 Å². The van der Waals surface area contributed by atoms with Crippen LogP contribution in [0.5, 0.6) is 17.2 Å². The largest absolute Gasteiger partial charge is 0.488 e. The molecule has 2 aliphatic rings. The number of amides is 2. The van der Waals surface area contributed by atoms with Gasteiger partial charge in [0.25, 0.3) is 5.91 Å². The van der Waals surface area contributed by atoms with Crippen LogP contribution in [0.25, 0.3) is 0 Å². The summed E-state index contributed by atoms with van der Waals surface area (Å²) in [6.07, 6.45) is 4.93. The van der Waals surface area contributed by atoms with Gasteiger partial charge >= 0.3 is 0 Å². The number of nitrogens with one attached hydrogen (secondary N) is 1. The van der Waals surface area contributed by atoms with Crippen molar-refractivity contribution in [3.05, 3.63) is 83.9 Å². The van der Waals surface area contributed by atoms with Gasteiger partial charge in [0.05, 0.1) is 18.2 Å². The van der Waals surface area contributed by atoms with Crippen LogP contribution < -0.4 is 14.8 Å². The van der Waals surface area contributed by atoms with E-state index in [1.807, 2.05) is 55.5 Å². The average Bonchev–Trinajstić information content (AvgIpc) is 3.04. The fourth-order valence-corrected chi connectivity index (χ4v) is 6.10. The van der Waals surface area contributed by atoms with Gasteiger partial charge in [-0.05, 0) is 74.8 Å². The Hall–Kier alpha value is -3.88. The Balaban J connectivity index is 1.29. The summed E-state index contributed by atoms with van der Waals surface area (Å²) in [5.41, 5.74) is 2.14. The van der Waals surface area contributed by atoms with Gasteiger partial charge in [0.1, 0.15) is 23.4 Å². The first-order valence-electron chi connectivity index (χ1n) is 15.8. The van der Waals surface area contributed by atoms with Crippen molar-refractivity contribution in [2.75, 3.05) is 32.1 Å². The lowest BCUT2D eigenvalue weighted by Gasteiger charge is -2.38. The van der Waals surface area contributed by atoms with Crippen molar-refractivity contribution in [1.82, 2.24) is 9.80 Å². The van der Waals surface area contributed by atoms with E-state index in [9.17, 15) is 14.7 Å². The minimum Gasteiger partial charge on any atom is -0.488 e. The molecule has 1 fully saturated rings. The van der Waals surface area contributed by atoms with Crippen molar-refractivity contribution in [3.8, 4) is 17.2 Å². The summed E-state index contributed by atoms with van der Waals surface area (Å²) in [7, 11) is 2.06. The maximum absolute atomic E-state index is 13.8.